The van der Waals surface area contributed by atoms with E-state index in [-0.39, 0.29) is 10.8 Å². The van der Waals surface area contributed by atoms with Crippen LogP contribution in [0.5, 0.6) is 0 Å². The first-order chi connectivity index (χ1) is 11.0. The smallest absolute Gasteiger partial charge is 0.261 e. The summed E-state index contributed by atoms with van der Waals surface area (Å²) in [5.74, 6) is -0.0498. The Hall–Kier alpha value is -2.06. The lowest BCUT2D eigenvalue weighted by Crippen LogP contribution is -2.20. The number of fused-ring (bicyclic) bond motifs is 1. The van der Waals surface area contributed by atoms with Gasteiger partial charge in [0.2, 0.25) is 5.91 Å². The molecule has 8 heteroatoms. The molecule has 0 unspecified atom stereocenters. The Labute approximate surface area is 138 Å². The van der Waals surface area contributed by atoms with E-state index in [1.54, 1.807) is 24.3 Å². The van der Waals surface area contributed by atoms with Crippen molar-refractivity contribution >= 4 is 39.1 Å². The second-order valence-corrected chi connectivity index (χ2v) is 7.57. The van der Waals surface area contributed by atoms with E-state index in [1.165, 1.54) is 24.0 Å². The highest BCUT2D eigenvalue weighted by Gasteiger charge is 2.20. The monoisotopic (exact) mass is 349 g/mol. The van der Waals surface area contributed by atoms with E-state index < -0.39 is 10.0 Å². The van der Waals surface area contributed by atoms with Gasteiger partial charge >= 0.3 is 0 Å². The van der Waals surface area contributed by atoms with Gasteiger partial charge in [-0.25, -0.2) is 13.4 Å². The molecule has 3 rings (SSSR count). The van der Waals surface area contributed by atoms with E-state index >= 15 is 0 Å². The van der Waals surface area contributed by atoms with E-state index in [9.17, 15) is 13.2 Å². The lowest BCUT2D eigenvalue weighted by Gasteiger charge is -2.17. The zero-order valence-corrected chi connectivity index (χ0v) is 14.0. The lowest BCUT2D eigenvalue weighted by atomic mass is 10.0. The number of nitrogens with zero attached hydrogens (tertiary/aromatic N) is 1. The number of hydrogen-bond donors (Lipinski definition) is 2. The van der Waals surface area contributed by atoms with Crippen molar-refractivity contribution in [1.29, 1.82) is 0 Å². The predicted molar refractivity (Wildman–Crippen MR) is 90.2 cm³/mol. The number of benzene rings is 1. The molecule has 2 aromatic rings. The third kappa shape index (κ3) is 3.48. The second kappa shape index (κ2) is 6.21. The summed E-state index contributed by atoms with van der Waals surface area (Å²) in [4.78, 5) is 15.7. The molecule has 2 heterocycles. The Morgan fingerprint density at radius 2 is 2.04 bits per heavy atom. The summed E-state index contributed by atoms with van der Waals surface area (Å²) in [5, 5.41) is 3.55. The SMILES string of the molecule is CSc1ccc(NS(=O)(=O)c2ccc3c(c2)CCC(=O)N3)cn1. The Morgan fingerprint density at radius 3 is 2.74 bits per heavy atom. The lowest BCUT2D eigenvalue weighted by molar-refractivity contribution is -0.116. The summed E-state index contributed by atoms with van der Waals surface area (Å²) >= 11 is 1.48. The van der Waals surface area contributed by atoms with Crippen LogP contribution in [0.2, 0.25) is 0 Å². The van der Waals surface area contributed by atoms with Gasteiger partial charge < -0.3 is 5.32 Å². The number of anilines is 2. The molecule has 0 aliphatic carbocycles. The number of rotatable bonds is 4. The molecule has 0 bridgehead atoms. The highest BCUT2D eigenvalue weighted by Crippen LogP contribution is 2.26. The van der Waals surface area contributed by atoms with Crippen LogP contribution in [-0.4, -0.2) is 25.6 Å². The number of pyridine rings is 1. The van der Waals surface area contributed by atoms with Gasteiger partial charge in [-0.3, -0.25) is 9.52 Å². The van der Waals surface area contributed by atoms with Crippen molar-refractivity contribution in [2.24, 2.45) is 0 Å². The minimum Gasteiger partial charge on any atom is -0.326 e. The number of hydrogen-bond acceptors (Lipinski definition) is 5. The minimum atomic E-state index is -3.69. The summed E-state index contributed by atoms with van der Waals surface area (Å²) in [6.45, 7) is 0. The zero-order valence-electron chi connectivity index (χ0n) is 12.4. The molecule has 2 N–H and O–H groups in total. The molecular weight excluding hydrogens is 334 g/mol. The molecule has 0 spiro atoms. The quantitative estimate of drug-likeness (QED) is 0.828. The maximum Gasteiger partial charge on any atom is 0.261 e. The van der Waals surface area contributed by atoms with E-state index in [0.29, 0.717) is 24.2 Å². The molecule has 0 atom stereocenters. The van der Waals surface area contributed by atoms with Crippen molar-refractivity contribution in [1.82, 2.24) is 4.98 Å². The van der Waals surface area contributed by atoms with Crippen molar-refractivity contribution < 1.29 is 13.2 Å². The maximum atomic E-state index is 12.5. The number of amides is 1. The second-order valence-electron chi connectivity index (χ2n) is 5.06. The third-order valence-electron chi connectivity index (χ3n) is 3.48. The van der Waals surface area contributed by atoms with Crippen molar-refractivity contribution in [3.63, 3.8) is 0 Å². The van der Waals surface area contributed by atoms with Gasteiger partial charge in [-0.2, -0.15) is 0 Å². The molecule has 23 heavy (non-hydrogen) atoms. The van der Waals surface area contributed by atoms with Gasteiger partial charge in [0.25, 0.3) is 10.0 Å². The molecule has 1 aromatic heterocycles. The van der Waals surface area contributed by atoms with E-state index in [0.717, 1.165) is 10.6 Å². The van der Waals surface area contributed by atoms with Gasteiger partial charge in [0.1, 0.15) is 0 Å². The Bertz CT molecular complexity index is 849. The molecule has 1 aliphatic rings. The number of aryl methyl sites for hydroxylation is 1. The van der Waals surface area contributed by atoms with Gasteiger partial charge in [0.05, 0.1) is 21.8 Å². The van der Waals surface area contributed by atoms with E-state index in [4.69, 9.17) is 0 Å². The minimum absolute atomic E-state index is 0.0498. The van der Waals surface area contributed by atoms with Gasteiger partial charge in [-0.1, -0.05) is 0 Å². The number of thioether (sulfide) groups is 1. The van der Waals surface area contributed by atoms with Crippen molar-refractivity contribution in [2.75, 3.05) is 16.3 Å². The summed E-state index contributed by atoms with van der Waals surface area (Å²) in [5.41, 5.74) is 1.91. The summed E-state index contributed by atoms with van der Waals surface area (Å²) in [6.07, 6.45) is 4.29. The zero-order chi connectivity index (χ0) is 16.4. The highest BCUT2D eigenvalue weighted by molar-refractivity contribution is 7.98. The Balaban J connectivity index is 1.85. The first-order valence-corrected chi connectivity index (χ1v) is 9.64. The molecule has 0 saturated carbocycles. The number of carbonyl (C=O) groups is 1. The fourth-order valence-corrected chi connectivity index (χ4v) is 3.76. The summed E-state index contributed by atoms with van der Waals surface area (Å²) in [6, 6.07) is 8.13. The third-order valence-corrected chi connectivity index (χ3v) is 5.52. The maximum absolute atomic E-state index is 12.5. The fraction of sp³-hybridized carbons (Fsp3) is 0.200. The van der Waals surface area contributed by atoms with Crippen LogP contribution in [0, 0.1) is 0 Å². The van der Waals surface area contributed by atoms with Gasteiger partial charge in [0.15, 0.2) is 0 Å². The highest BCUT2D eigenvalue weighted by atomic mass is 32.2. The average molecular weight is 349 g/mol. The van der Waals surface area contributed by atoms with Crippen LogP contribution in [0.25, 0.3) is 0 Å². The molecular formula is C15H15N3O3S2. The molecule has 1 aliphatic heterocycles. The van der Waals surface area contributed by atoms with E-state index in [2.05, 4.69) is 15.0 Å². The van der Waals surface area contributed by atoms with E-state index in [1.807, 2.05) is 6.26 Å². The standard InChI is InChI=1S/C15H15N3O3S2/c1-22-15-7-3-11(9-16-15)18-23(20,21)12-4-5-13-10(8-12)2-6-14(19)17-13/h3-5,7-9,18H,2,6H2,1H3,(H,17,19). The molecule has 0 fully saturated rings. The molecule has 1 amide bonds. The number of nitrogens with one attached hydrogen (secondary N) is 2. The Kier molecular flexibility index (Phi) is 4.27. The normalized spacial score (nSPS) is 14.0. The summed E-state index contributed by atoms with van der Waals surface area (Å²) < 4.78 is 27.5. The van der Waals surface area contributed by atoms with Crippen LogP contribution in [-0.2, 0) is 21.2 Å². The number of carbonyl (C=O) groups excluding carboxylic acids is 1. The molecule has 0 saturated heterocycles. The number of aromatic nitrogens is 1. The average Bonchev–Trinajstić information content (AvgIpc) is 2.54. The Morgan fingerprint density at radius 1 is 1.22 bits per heavy atom. The molecule has 6 nitrogen and oxygen atoms in total. The largest absolute Gasteiger partial charge is 0.326 e. The van der Waals surface area contributed by atoms with Crippen LogP contribution in [0.1, 0.15) is 12.0 Å². The van der Waals surface area contributed by atoms with Crippen LogP contribution in [0.4, 0.5) is 11.4 Å². The van der Waals surface area contributed by atoms with Crippen molar-refractivity contribution in [2.45, 2.75) is 22.8 Å². The topological polar surface area (TPSA) is 88.2 Å². The van der Waals surface area contributed by atoms with Crippen LogP contribution < -0.4 is 10.0 Å². The van der Waals surface area contributed by atoms with Crippen molar-refractivity contribution in [3.8, 4) is 0 Å². The predicted octanol–water partition coefficient (Wildman–Crippen LogP) is 2.49. The first kappa shape index (κ1) is 15.8. The molecule has 1 aromatic carbocycles. The van der Waals surface area contributed by atoms with Gasteiger partial charge in [-0.15, -0.1) is 11.8 Å². The first-order valence-electron chi connectivity index (χ1n) is 6.93. The van der Waals surface area contributed by atoms with Crippen molar-refractivity contribution in [3.05, 3.63) is 42.1 Å². The van der Waals surface area contributed by atoms with Gasteiger partial charge in [-0.05, 0) is 48.6 Å². The van der Waals surface area contributed by atoms with Crippen LogP contribution in [0.15, 0.2) is 46.5 Å². The fourth-order valence-electron chi connectivity index (χ4n) is 2.30. The van der Waals surface area contributed by atoms with Crippen LogP contribution in [0.3, 0.4) is 0 Å². The molecule has 120 valence electrons. The molecule has 0 radical (unpaired) electrons. The summed E-state index contributed by atoms with van der Waals surface area (Å²) in [7, 11) is -3.69. The van der Waals surface area contributed by atoms with Gasteiger partial charge in [0, 0.05) is 12.1 Å². The number of sulfonamides is 1. The van der Waals surface area contributed by atoms with Crippen LogP contribution >= 0.6 is 11.8 Å².